The van der Waals surface area contributed by atoms with Crippen molar-refractivity contribution in [3.8, 4) is 0 Å². The van der Waals surface area contributed by atoms with Gasteiger partial charge in [-0.05, 0) is 42.8 Å². The topological polar surface area (TPSA) is 55.1 Å². The molecule has 1 heterocycles. The molecule has 16 heavy (non-hydrogen) atoms. The minimum atomic E-state index is -0.369. The summed E-state index contributed by atoms with van der Waals surface area (Å²) >= 11 is 4.93. The smallest absolute Gasteiger partial charge is 0.253 e. The van der Waals surface area contributed by atoms with Crippen molar-refractivity contribution in [3.63, 3.8) is 0 Å². The van der Waals surface area contributed by atoms with Crippen LogP contribution < -0.4 is 11.1 Å². The fourth-order valence-corrected chi connectivity index (χ4v) is 2.85. The first-order valence-corrected chi connectivity index (χ1v) is 6.25. The second-order valence-corrected chi connectivity index (χ2v) is 6.66. The fourth-order valence-electron chi connectivity index (χ4n) is 1.07. The van der Waals surface area contributed by atoms with Crippen LogP contribution in [-0.2, 0) is 0 Å². The van der Waals surface area contributed by atoms with Crippen LogP contribution in [0.3, 0.4) is 0 Å². The summed E-state index contributed by atoms with van der Waals surface area (Å²) in [5.74, 6) is -0.0818. The summed E-state index contributed by atoms with van der Waals surface area (Å²) in [4.78, 5) is 13.0. The first-order chi connectivity index (χ1) is 6.85. The predicted octanol–water partition coefficient (Wildman–Crippen LogP) is 2.71. The lowest BCUT2D eigenvalue weighted by atomic mass is 10.1. The van der Waals surface area contributed by atoms with E-state index >= 15 is 0 Å². The van der Waals surface area contributed by atoms with Crippen LogP contribution in [0.4, 0.5) is 0 Å². The van der Waals surface area contributed by atoms with E-state index in [9.17, 15) is 4.79 Å². The van der Waals surface area contributed by atoms with E-state index in [-0.39, 0.29) is 23.9 Å². The standard InChI is InChI=1S/C10H15BrN2OS.ClH/c1-6-4-7(8(11)15-6)9(14)13-10(2,3)5-12;/h4H,5,12H2,1-3H3,(H,13,14);1H. The number of carbonyl (C=O) groups is 1. The van der Waals surface area contributed by atoms with Gasteiger partial charge in [-0.2, -0.15) is 0 Å². The first kappa shape index (κ1) is 15.9. The number of carbonyl (C=O) groups excluding carboxylic acids is 1. The van der Waals surface area contributed by atoms with Crippen molar-refractivity contribution < 1.29 is 4.79 Å². The zero-order chi connectivity index (χ0) is 11.6. The molecule has 0 radical (unpaired) electrons. The summed E-state index contributed by atoms with van der Waals surface area (Å²) in [7, 11) is 0. The van der Waals surface area contributed by atoms with Gasteiger partial charge in [0.05, 0.1) is 9.35 Å². The fraction of sp³-hybridized carbons (Fsp3) is 0.500. The van der Waals surface area contributed by atoms with Crippen LogP contribution in [0.25, 0.3) is 0 Å². The number of aryl methyl sites for hydroxylation is 1. The molecule has 0 saturated carbocycles. The van der Waals surface area contributed by atoms with Gasteiger partial charge in [0.25, 0.3) is 5.91 Å². The van der Waals surface area contributed by atoms with Gasteiger partial charge < -0.3 is 11.1 Å². The van der Waals surface area contributed by atoms with Gasteiger partial charge in [0.15, 0.2) is 0 Å². The number of hydrogen-bond acceptors (Lipinski definition) is 3. The molecule has 0 atom stereocenters. The van der Waals surface area contributed by atoms with E-state index in [1.165, 1.54) is 0 Å². The molecule has 3 N–H and O–H groups in total. The molecule has 0 bridgehead atoms. The highest BCUT2D eigenvalue weighted by molar-refractivity contribution is 9.11. The summed E-state index contributed by atoms with van der Waals surface area (Å²) in [6.45, 7) is 6.19. The molecule has 92 valence electrons. The Bertz CT molecular complexity index is 379. The molecule has 0 aromatic carbocycles. The third kappa shape index (κ3) is 4.05. The summed E-state index contributed by atoms with van der Waals surface area (Å²) in [5, 5.41) is 2.89. The summed E-state index contributed by atoms with van der Waals surface area (Å²) in [6.07, 6.45) is 0. The monoisotopic (exact) mass is 326 g/mol. The first-order valence-electron chi connectivity index (χ1n) is 4.64. The maximum atomic E-state index is 11.9. The van der Waals surface area contributed by atoms with E-state index in [1.54, 1.807) is 11.3 Å². The Hall–Kier alpha value is -0.1000. The van der Waals surface area contributed by atoms with Gasteiger partial charge >= 0.3 is 0 Å². The Kier molecular flexibility index (Phi) is 5.96. The van der Waals surface area contributed by atoms with Crippen molar-refractivity contribution in [2.45, 2.75) is 26.3 Å². The van der Waals surface area contributed by atoms with Crippen LogP contribution >= 0.6 is 39.7 Å². The molecule has 0 unspecified atom stereocenters. The highest BCUT2D eigenvalue weighted by atomic mass is 79.9. The number of nitrogens with one attached hydrogen (secondary N) is 1. The normalized spacial score (nSPS) is 10.8. The lowest BCUT2D eigenvalue weighted by Crippen LogP contribution is -2.48. The predicted molar refractivity (Wildman–Crippen MR) is 74.6 cm³/mol. The van der Waals surface area contributed by atoms with Gasteiger partial charge in [-0.1, -0.05) is 0 Å². The molecule has 6 heteroatoms. The number of halogens is 2. The van der Waals surface area contributed by atoms with Crippen molar-refractivity contribution in [1.82, 2.24) is 5.32 Å². The molecule has 0 aliphatic carbocycles. The number of hydrogen-bond donors (Lipinski definition) is 2. The molecule has 0 spiro atoms. The second kappa shape index (κ2) is 6.00. The molecule has 1 aromatic rings. The average molecular weight is 328 g/mol. The van der Waals surface area contributed by atoms with Crippen LogP contribution in [0.5, 0.6) is 0 Å². The Balaban J connectivity index is 0.00000225. The van der Waals surface area contributed by atoms with Crippen LogP contribution in [-0.4, -0.2) is 18.0 Å². The summed E-state index contributed by atoms with van der Waals surface area (Å²) in [5.41, 5.74) is 5.86. The Labute approximate surface area is 114 Å². The maximum absolute atomic E-state index is 11.9. The van der Waals surface area contributed by atoms with Gasteiger partial charge in [0.1, 0.15) is 0 Å². The quantitative estimate of drug-likeness (QED) is 0.897. The van der Waals surface area contributed by atoms with E-state index in [1.807, 2.05) is 26.8 Å². The maximum Gasteiger partial charge on any atom is 0.253 e. The lowest BCUT2D eigenvalue weighted by molar-refractivity contribution is 0.0915. The molecule has 0 aliphatic rings. The van der Waals surface area contributed by atoms with Crippen molar-refractivity contribution in [1.29, 1.82) is 0 Å². The minimum Gasteiger partial charge on any atom is -0.346 e. The SMILES string of the molecule is Cc1cc(C(=O)NC(C)(C)CN)c(Br)s1.Cl. The lowest BCUT2D eigenvalue weighted by Gasteiger charge is -2.23. The zero-order valence-corrected chi connectivity index (χ0v) is 12.7. The molecule has 1 amide bonds. The number of nitrogens with two attached hydrogens (primary N) is 1. The number of thiophene rings is 1. The Morgan fingerprint density at radius 2 is 2.19 bits per heavy atom. The molecular formula is C10H16BrClN2OS. The molecule has 0 aliphatic heterocycles. The van der Waals surface area contributed by atoms with Crippen LogP contribution in [0, 0.1) is 6.92 Å². The average Bonchev–Trinajstić information content (AvgIpc) is 2.45. The van der Waals surface area contributed by atoms with Crippen molar-refractivity contribution >= 4 is 45.6 Å². The van der Waals surface area contributed by atoms with Crippen LogP contribution in [0.2, 0.25) is 0 Å². The molecule has 1 aromatic heterocycles. The molecular weight excluding hydrogens is 312 g/mol. The summed E-state index contributed by atoms with van der Waals surface area (Å²) < 4.78 is 0.866. The molecule has 1 rings (SSSR count). The molecule has 0 saturated heterocycles. The highest BCUT2D eigenvalue weighted by Crippen LogP contribution is 2.27. The Morgan fingerprint density at radius 3 is 2.56 bits per heavy atom. The van der Waals surface area contributed by atoms with Crippen molar-refractivity contribution in [2.75, 3.05) is 6.54 Å². The molecule has 0 fully saturated rings. The van der Waals surface area contributed by atoms with E-state index in [0.717, 1.165) is 8.66 Å². The van der Waals surface area contributed by atoms with Gasteiger partial charge in [0, 0.05) is 17.0 Å². The highest BCUT2D eigenvalue weighted by Gasteiger charge is 2.21. The van der Waals surface area contributed by atoms with E-state index in [4.69, 9.17) is 5.73 Å². The van der Waals surface area contributed by atoms with E-state index in [2.05, 4.69) is 21.2 Å². The van der Waals surface area contributed by atoms with Crippen LogP contribution in [0.15, 0.2) is 9.85 Å². The largest absolute Gasteiger partial charge is 0.346 e. The van der Waals surface area contributed by atoms with E-state index in [0.29, 0.717) is 12.1 Å². The van der Waals surface area contributed by atoms with Gasteiger partial charge in [-0.3, -0.25) is 4.79 Å². The zero-order valence-electron chi connectivity index (χ0n) is 9.46. The third-order valence-corrected chi connectivity index (χ3v) is 3.77. The van der Waals surface area contributed by atoms with Crippen molar-refractivity contribution in [3.05, 3.63) is 20.3 Å². The second-order valence-electron chi connectivity index (χ2n) is 4.09. The molecule has 3 nitrogen and oxygen atoms in total. The Morgan fingerprint density at radius 1 is 1.62 bits per heavy atom. The summed E-state index contributed by atoms with van der Waals surface area (Å²) in [6, 6.07) is 1.87. The van der Waals surface area contributed by atoms with Gasteiger partial charge in [0.2, 0.25) is 0 Å². The number of rotatable bonds is 3. The van der Waals surface area contributed by atoms with Gasteiger partial charge in [-0.15, -0.1) is 23.7 Å². The third-order valence-electron chi connectivity index (χ3n) is 2.02. The van der Waals surface area contributed by atoms with Gasteiger partial charge in [-0.25, -0.2) is 0 Å². The van der Waals surface area contributed by atoms with Crippen LogP contribution in [0.1, 0.15) is 29.1 Å². The number of amides is 1. The minimum absolute atomic E-state index is 0. The van der Waals surface area contributed by atoms with E-state index < -0.39 is 0 Å². The van der Waals surface area contributed by atoms with Crippen molar-refractivity contribution in [2.24, 2.45) is 5.73 Å².